The quantitative estimate of drug-likeness (QED) is 0.586. The van der Waals surface area contributed by atoms with Crippen LogP contribution in [0.3, 0.4) is 0 Å². The number of nitrogens with zero attached hydrogens (tertiary/aromatic N) is 1. The van der Waals surface area contributed by atoms with Gasteiger partial charge in [-0.05, 0) is 31.9 Å². The lowest BCUT2D eigenvalue weighted by atomic mass is 10.1. The standard InChI is InChI=1S/C12H18BrNO/c1-3-15-7-6-11(13)8-12-5-4-10(2)9-14-12/h4-5,9,11H,3,6-8H2,1-2H3. The molecule has 1 heterocycles. The zero-order chi connectivity index (χ0) is 11.1. The largest absolute Gasteiger partial charge is 0.382 e. The number of hydrogen-bond donors (Lipinski definition) is 0. The zero-order valence-electron chi connectivity index (χ0n) is 9.37. The summed E-state index contributed by atoms with van der Waals surface area (Å²) in [5.41, 5.74) is 2.35. The van der Waals surface area contributed by atoms with Crippen molar-refractivity contribution >= 4 is 15.9 Å². The number of halogens is 1. The van der Waals surface area contributed by atoms with Gasteiger partial charge < -0.3 is 4.74 Å². The highest BCUT2D eigenvalue weighted by Gasteiger charge is 2.06. The number of ether oxygens (including phenoxy) is 1. The van der Waals surface area contributed by atoms with Crippen LogP contribution in [0.15, 0.2) is 18.3 Å². The van der Waals surface area contributed by atoms with Gasteiger partial charge in [-0.3, -0.25) is 4.98 Å². The van der Waals surface area contributed by atoms with Gasteiger partial charge in [0.25, 0.3) is 0 Å². The average molecular weight is 272 g/mol. The van der Waals surface area contributed by atoms with Gasteiger partial charge in [-0.15, -0.1) is 0 Å². The lowest BCUT2D eigenvalue weighted by Crippen LogP contribution is -2.08. The van der Waals surface area contributed by atoms with E-state index in [1.807, 2.05) is 13.1 Å². The molecule has 15 heavy (non-hydrogen) atoms. The molecule has 1 atom stereocenters. The van der Waals surface area contributed by atoms with Gasteiger partial charge in [0.15, 0.2) is 0 Å². The van der Waals surface area contributed by atoms with E-state index in [0.717, 1.165) is 31.7 Å². The van der Waals surface area contributed by atoms with E-state index in [2.05, 4.69) is 40.0 Å². The first-order valence-electron chi connectivity index (χ1n) is 5.35. The van der Waals surface area contributed by atoms with Gasteiger partial charge in [-0.25, -0.2) is 0 Å². The second kappa shape index (κ2) is 6.96. The zero-order valence-corrected chi connectivity index (χ0v) is 11.0. The lowest BCUT2D eigenvalue weighted by Gasteiger charge is -2.09. The van der Waals surface area contributed by atoms with Gasteiger partial charge in [-0.2, -0.15) is 0 Å². The Morgan fingerprint density at radius 3 is 2.87 bits per heavy atom. The molecule has 1 aromatic heterocycles. The van der Waals surface area contributed by atoms with Crippen molar-refractivity contribution in [1.29, 1.82) is 0 Å². The molecule has 1 unspecified atom stereocenters. The fourth-order valence-electron chi connectivity index (χ4n) is 1.30. The summed E-state index contributed by atoms with van der Waals surface area (Å²) in [5.74, 6) is 0. The molecule has 2 nitrogen and oxygen atoms in total. The van der Waals surface area contributed by atoms with Crippen molar-refractivity contribution in [2.45, 2.75) is 31.5 Å². The van der Waals surface area contributed by atoms with Crippen molar-refractivity contribution in [3.8, 4) is 0 Å². The van der Waals surface area contributed by atoms with Crippen molar-refractivity contribution in [3.63, 3.8) is 0 Å². The van der Waals surface area contributed by atoms with Crippen molar-refractivity contribution in [2.24, 2.45) is 0 Å². The number of alkyl halides is 1. The average Bonchev–Trinajstić information content (AvgIpc) is 2.22. The Kier molecular flexibility index (Phi) is 5.88. The van der Waals surface area contributed by atoms with Gasteiger partial charge in [0, 0.05) is 36.4 Å². The van der Waals surface area contributed by atoms with Crippen molar-refractivity contribution in [3.05, 3.63) is 29.6 Å². The van der Waals surface area contributed by atoms with Gasteiger partial charge in [0.05, 0.1) is 0 Å². The summed E-state index contributed by atoms with van der Waals surface area (Å²) < 4.78 is 5.31. The topological polar surface area (TPSA) is 22.1 Å². The maximum absolute atomic E-state index is 5.31. The Balaban J connectivity index is 2.31. The van der Waals surface area contributed by atoms with E-state index in [0.29, 0.717) is 4.83 Å². The molecular formula is C12H18BrNO. The molecule has 0 aliphatic heterocycles. The third-order valence-corrected chi connectivity index (χ3v) is 2.96. The fraction of sp³-hybridized carbons (Fsp3) is 0.583. The molecule has 1 aromatic rings. The minimum Gasteiger partial charge on any atom is -0.382 e. The molecule has 0 N–H and O–H groups in total. The van der Waals surface area contributed by atoms with Crippen LogP contribution in [0.4, 0.5) is 0 Å². The smallest absolute Gasteiger partial charge is 0.0476 e. The predicted octanol–water partition coefficient (Wildman–Crippen LogP) is 3.12. The molecule has 0 bridgehead atoms. The highest BCUT2D eigenvalue weighted by atomic mass is 79.9. The summed E-state index contributed by atoms with van der Waals surface area (Å²) in [6.45, 7) is 5.68. The SMILES string of the molecule is CCOCCC(Br)Cc1ccc(C)cn1. The van der Waals surface area contributed by atoms with Gasteiger partial charge in [-0.1, -0.05) is 22.0 Å². The summed E-state index contributed by atoms with van der Waals surface area (Å²) in [4.78, 5) is 4.83. The van der Waals surface area contributed by atoms with E-state index < -0.39 is 0 Å². The summed E-state index contributed by atoms with van der Waals surface area (Å²) in [6.07, 6.45) is 3.91. The minimum atomic E-state index is 0.458. The van der Waals surface area contributed by atoms with Crippen LogP contribution in [-0.2, 0) is 11.2 Å². The molecule has 3 heteroatoms. The molecule has 0 fully saturated rings. The monoisotopic (exact) mass is 271 g/mol. The molecular weight excluding hydrogens is 254 g/mol. The number of rotatable bonds is 6. The molecule has 1 rings (SSSR count). The van der Waals surface area contributed by atoms with Gasteiger partial charge in [0.1, 0.15) is 0 Å². The van der Waals surface area contributed by atoms with E-state index in [-0.39, 0.29) is 0 Å². The molecule has 0 aromatic carbocycles. The summed E-state index contributed by atoms with van der Waals surface area (Å²) in [5, 5.41) is 0. The first-order valence-corrected chi connectivity index (χ1v) is 6.27. The Bertz CT molecular complexity index is 273. The third kappa shape index (κ3) is 5.28. The second-order valence-corrected chi connectivity index (χ2v) is 4.91. The van der Waals surface area contributed by atoms with E-state index in [4.69, 9.17) is 4.74 Å². The molecule has 0 radical (unpaired) electrons. The molecule has 0 saturated heterocycles. The van der Waals surface area contributed by atoms with E-state index in [9.17, 15) is 0 Å². The van der Waals surface area contributed by atoms with Crippen LogP contribution >= 0.6 is 15.9 Å². The van der Waals surface area contributed by atoms with Gasteiger partial charge in [0.2, 0.25) is 0 Å². The number of pyridine rings is 1. The van der Waals surface area contributed by atoms with Crippen LogP contribution in [0.25, 0.3) is 0 Å². The van der Waals surface area contributed by atoms with Crippen LogP contribution < -0.4 is 0 Å². The number of aromatic nitrogens is 1. The minimum absolute atomic E-state index is 0.458. The maximum Gasteiger partial charge on any atom is 0.0476 e. The summed E-state index contributed by atoms with van der Waals surface area (Å²) in [6, 6.07) is 4.19. The Morgan fingerprint density at radius 2 is 2.27 bits per heavy atom. The van der Waals surface area contributed by atoms with Crippen LogP contribution in [0.5, 0.6) is 0 Å². The first-order chi connectivity index (χ1) is 7.22. The summed E-state index contributed by atoms with van der Waals surface area (Å²) in [7, 11) is 0. The molecule has 0 saturated carbocycles. The van der Waals surface area contributed by atoms with E-state index in [1.54, 1.807) is 0 Å². The second-order valence-electron chi connectivity index (χ2n) is 3.61. The molecule has 0 spiro atoms. The third-order valence-electron chi connectivity index (χ3n) is 2.18. The van der Waals surface area contributed by atoms with E-state index in [1.165, 1.54) is 5.56 Å². The lowest BCUT2D eigenvalue weighted by molar-refractivity contribution is 0.145. The van der Waals surface area contributed by atoms with Crippen molar-refractivity contribution < 1.29 is 4.74 Å². The highest BCUT2D eigenvalue weighted by Crippen LogP contribution is 2.12. The molecule has 0 aliphatic rings. The maximum atomic E-state index is 5.31. The van der Waals surface area contributed by atoms with Crippen molar-refractivity contribution in [1.82, 2.24) is 4.98 Å². The molecule has 0 aliphatic carbocycles. The number of hydrogen-bond acceptors (Lipinski definition) is 2. The van der Waals surface area contributed by atoms with Crippen LogP contribution in [0, 0.1) is 6.92 Å². The fourth-order valence-corrected chi connectivity index (χ4v) is 1.82. The number of aryl methyl sites for hydroxylation is 1. The molecule has 0 amide bonds. The van der Waals surface area contributed by atoms with Gasteiger partial charge >= 0.3 is 0 Å². The normalized spacial score (nSPS) is 12.7. The highest BCUT2D eigenvalue weighted by molar-refractivity contribution is 9.09. The Morgan fingerprint density at radius 1 is 1.47 bits per heavy atom. The van der Waals surface area contributed by atoms with Crippen LogP contribution in [0.2, 0.25) is 0 Å². The van der Waals surface area contributed by atoms with Crippen LogP contribution in [-0.4, -0.2) is 23.0 Å². The summed E-state index contributed by atoms with van der Waals surface area (Å²) >= 11 is 3.64. The first kappa shape index (κ1) is 12.7. The van der Waals surface area contributed by atoms with Crippen LogP contribution in [0.1, 0.15) is 24.6 Å². The van der Waals surface area contributed by atoms with Crippen molar-refractivity contribution in [2.75, 3.05) is 13.2 Å². The molecule has 84 valence electrons. The van der Waals surface area contributed by atoms with E-state index >= 15 is 0 Å². The Labute approximate surface area is 100 Å². The predicted molar refractivity (Wildman–Crippen MR) is 66.5 cm³/mol. The Hall–Kier alpha value is -0.410.